The molecule has 2 amide bonds. The molecule has 3 aliphatic rings. The van der Waals surface area contributed by atoms with Gasteiger partial charge in [-0.3, -0.25) is 9.59 Å². The molecule has 1 aliphatic carbocycles. The molecular formula is C18H30N2O2. The summed E-state index contributed by atoms with van der Waals surface area (Å²) in [5.41, 5.74) is 0. The maximum absolute atomic E-state index is 12.9. The molecule has 2 aliphatic heterocycles. The van der Waals surface area contributed by atoms with Gasteiger partial charge in [0.05, 0.1) is 0 Å². The Morgan fingerprint density at radius 3 is 2.27 bits per heavy atom. The predicted octanol–water partition coefficient (Wildman–Crippen LogP) is 2.67. The largest absolute Gasteiger partial charge is 0.341 e. The third-order valence-corrected chi connectivity index (χ3v) is 5.77. The fraction of sp³-hybridized carbons (Fsp3) is 0.889. The van der Waals surface area contributed by atoms with E-state index >= 15 is 0 Å². The van der Waals surface area contributed by atoms with Crippen molar-refractivity contribution < 1.29 is 9.59 Å². The molecule has 3 fully saturated rings. The van der Waals surface area contributed by atoms with Crippen LogP contribution in [0.4, 0.5) is 0 Å². The molecule has 0 spiro atoms. The van der Waals surface area contributed by atoms with Crippen molar-refractivity contribution in [2.45, 2.75) is 64.8 Å². The topological polar surface area (TPSA) is 40.6 Å². The van der Waals surface area contributed by atoms with E-state index in [9.17, 15) is 9.59 Å². The number of likely N-dealkylation sites (tertiary alicyclic amines) is 2. The molecule has 2 saturated heterocycles. The molecule has 0 radical (unpaired) electrons. The summed E-state index contributed by atoms with van der Waals surface area (Å²) in [5, 5.41) is 0. The minimum Gasteiger partial charge on any atom is -0.341 e. The first-order valence-corrected chi connectivity index (χ1v) is 9.17. The second kappa shape index (κ2) is 6.59. The molecule has 4 nitrogen and oxygen atoms in total. The molecule has 4 heteroatoms. The zero-order valence-corrected chi connectivity index (χ0v) is 14.1. The van der Waals surface area contributed by atoms with Crippen molar-refractivity contribution >= 4 is 11.8 Å². The summed E-state index contributed by atoms with van der Waals surface area (Å²) in [6.45, 7) is 7.12. The van der Waals surface area contributed by atoms with Gasteiger partial charge >= 0.3 is 0 Å². The van der Waals surface area contributed by atoms with E-state index in [1.54, 1.807) is 0 Å². The summed E-state index contributed by atoms with van der Waals surface area (Å²) in [7, 11) is 0. The lowest BCUT2D eigenvalue weighted by molar-refractivity contribution is -0.144. The molecule has 2 heterocycles. The second-order valence-electron chi connectivity index (χ2n) is 7.72. The van der Waals surface area contributed by atoms with Crippen molar-refractivity contribution in [3.8, 4) is 0 Å². The zero-order valence-electron chi connectivity index (χ0n) is 14.1. The molecule has 2 atom stereocenters. The minimum atomic E-state index is -0.163. The third kappa shape index (κ3) is 3.31. The molecule has 0 aromatic rings. The van der Waals surface area contributed by atoms with E-state index in [0.29, 0.717) is 5.92 Å². The van der Waals surface area contributed by atoms with E-state index in [0.717, 1.165) is 64.1 Å². The Bertz CT molecular complexity index is 431. The Morgan fingerprint density at radius 1 is 0.864 bits per heavy atom. The van der Waals surface area contributed by atoms with Gasteiger partial charge < -0.3 is 9.80 Å². The summed E-state index contributed by atoms with van der Waals surface area (Å²) in [4.78, 5) is 29.2. The van der Waals surface area contributed by atoms with Crippen LogP contribution in [-0.4, -0.2) is 47.3 Å². The molecule has 22 heavy (non-hydrogen) atoms. The van der Waals surface area contributed by atoms with Crippen LogP contribution in [0.2, 0.25) is 0 Å². The summed E-state index contributed by atoms with van der Waals surface area (Å²) in [6.07, 6.45) is 7.35. The van der Waals surface area contributed by atoms with Crippen molar-refractivity contribution in [1.82, 2.24) is 9.80 Å². The number of hydrogen-bond acceptors (Lipinski definition) is 2. The Balaban J connectivity index is 1.61. The minimum absolute atomic E-state index is 0.163. The van der Waals surface area contributed by atoms with Gasteiger partial charge in [0, 0.05) is 25.6 Å². The van der Waals surface area contributed by atoms with Gasteiger partial charge in [0.2, 0.25) is 11.8 Å². The summed E-state index contributed by atoms with van der Waals surface area (Å²) in [5.74, 6) is 2.13. The molecule has 0 aromatic heterocycles. The molecule has 3 rings (SSSR count). The normalized spacial score (nSPS) is 29.8. The first-order valence-electron chi connectivity index (χ1n) is 9.17. The smallest absolute Gasteiger partial charge is 0.245 e. The number of nitrogens with zero attached hydrogens (tertiary/aromatic N) is 2. The Labute approximate surface area is 134 Å². The van der Waals surface area contributed by atoms with Crippen molar-refractivity contribution in [1.29, 1.82) is 0 Å². The monoisotopic (exact) mass is 306 g/mol. The van der Waals surface area contributed by atoms with E-state index in [1.165, 1.54) is 6.42 Å². The lowest BCUT2D eigenvalue weighted by Gasteiger charge is -2.30. The van der Waals surface area contributed by atoms with E-state index in [2.05, 4.69) is 13.8 Å². The number of amides is 2. The Kier molecular flexibility index (Phi) is 4.74. The van der Waals surface area contributed by atoms with Crippen molar-refractivity contribution in [3.05, 3.63) is 0 Å². The third-order valence-electron chi connectivity index (χ3n) is 5.77. The molecule has 0 bridgehead atoms. The SMILES string of the molecule is CC(C)[C@H]1CCCN(C(=O)[C@@H]2CCCN2C(=O)C2CC2)CC1. The average molecular weight is 306 g/mol. The van der Waals surface area contributed by atoms with Gasteiger partial charge in [0.25, 0.3) is 0 Å². The van der Waals surface area contributed by atoms with Crippen LogP contribution in [0, 0.1) is 17.8 Å². The highest BCUT2D eigenvalue weighted by Crippen LogP contribution is 2.34. The van der Waals surface area contributed by atoms with Crippen LogP contribution in [-0.2, 0) is 9.59 Å². The highest BCUT2D eigenvalue weighted by atomic mass is 16.2. The van der Waals surface area contributed by atoms with Crippen LogP contribution in [0.15, 0.2) is 0 Å². The number of carbonyl (C=O) groups excluding carboxylic acids is 2. The first kappa shape index (κ1) is 15.8. The van der Waals surface area contributed by atoms with Crippen LogP contribution in [0.1, 0.15) is 58.8 Å². The fourth-order valence-corrected chi connectivity index (χ4v) is 4.07. The number of rotatable bonds is 3. The van der Waals surface area contributed by atoms with Crippen molar-refractivity contribution in [3.63, 3.8) is 0 Å². The summed E-state index contributed by atoms with van der Waals surface area (Å²) in [6, 6.07) is -0.163. The van der Waals surface area contributed by atoms with E-state index < -0.39 is 0 Å². The lowest BCUT2D eigenvalue weighted by atomic mass is 9.89. The maximum atomic E-state index is 12.9. The Hall–Kier alpha value is -1.06. The van der Waals surface area contributed by atoms with Gasteiger partial charge in [-0.1, -0.05) is 13.8 Å². The van der Waals surface area contributed by atoms with Gasteiger partial charge in [-0.2, -0.15) is 0 Å². The van der Waals surface area contributed by atoms with Gasteiger partial charge in [-0.15, -0.1) is 0 Å². The average Bonchev–Trinajstić information content (AvgIpc) is 3.27. The highest BCUT2D eigenvalue weighted by Gasteiger charge is 2.42. The molecule has 0 unspecified atom stereocenters. The van der Waals surface area contributed by atoms with Crippen LogP contribution in [0.5, 0.6) is 0 Å². The van der Waals surface area contributed by atoms with Gasteiger partial charge in [-0.25, -0.2) is 0 Å². The van der Waals surface area contributed by atoms with E-state index in [1.807, 2.05) is 9.80 Å². The molecular weight excluding hydrogens is 276 g/mol. The fourth-order valence-electron chi connectivity index (χ4n) is 4.07. The summed E-state index contributed by atoms with van der Waals surface area (Å²) >= 11 is 0. The molecule has 1 saturated carbocycles. The van der Waals surface area contributed by atoms with Crippen LogP contribution in [0.25, 0.3) is 0 Å². The van der Waals surface area contributed by atoms with Crippen LogP contribution >= 0.6 is 0 Å². The predicted molar refractivity (Wildman–Crippen MR) is 86.2 cm³/mol. The van der Waals surface area contributed by atoms with Gasteiger partial charge in [0.1, 0.15) is 6.04 Å². The summed E-state index contributed by atoms with van der Waals surface area (Å²) < 4.78 is 0. The quantitative estimate of drug-likeness (QED) is 0.804. The number of hydrogen-bond donors (Lipinski definition) is 0. The van der Waals surface area contributed by atoms with E-state index in [4.69, 9.17) is 0 Å². The van der Waals surface area contributed by atoms with Crippen molar-refractivity contribution in [2.24, 2.45) is 17.8 Å². The number of carbonyl (C=O) groups is 2. The Morgan fingerprint density at radius 2 is 1.59 bits per heavy atom. The second-order valence-corrected chi connectivity index (χ2v) is 7.72. The standard InChI is InChI=1S/C18H30N2O2/c1-13(2)14-5-3-10-19(12-9-14)18(22)16-6-4-11-20(16)17(21)15-7-8-15/h13-16H,3-12H2,1-2H3/t14-,16-/m0/s1. The molecule has 0 N–H and O–H groups in total. The van der Waals surface area contributed by atoms with Crippen molar-refractivity contribution in [2.75, 3.05) is 19.6 Å². The molecule has 0 aromatic carbocycles. The van der Waals surface area contributed by atoms with Gasteiger partial charge in [-0.05, 0) is 56.8 Å². The lowest BCUT2D eigenvalue weighted by Crippen LogP contribution is -2.48. The zero-order chi connectivity index (χ0) is 15.7. The van der Waals surface area contributed by atoms with E-state index in [-0.39, 0.29) is 23.8 Å². The van der Waals surface area contributed by atoms with Crippen LogP contribution in [0.3, 0.4) is 0 Å². The molecule has 124 valence electrons. The van der Waals surface area contributed by atoms with Crippen LogP contribution < -0.4 is 0 Å². The first-order chi connectivity index (χ1) is 10.6. The van der Waals surface area contributed by atoms with Gasteiger partial charge in [0.15, 0.2) is 0 Å². The highest BCUT2D eigenvalue weighted by molar-refractivity contribution is 5.90. The maximum Gasteiger partial charge on any atom is 0.245 e.